The van der Waals surface area contributed by atoms with Crippen LogP contribution in [-0.2, 0) is 0 Å². The van der Waals surface area contributed by atoms with E-state index in [4.69, 9.17) is 81.8 Å². The van der Waals surface area contributed by atoms with Crippen molar-refractivity contribution in [3.8, 4) is 0 Å². The minimum atomic E-state index is -1.91. The predicted octanol–water partition coefficient (Wildman–Crippen LogP) is 6.66. The molecule has 0 radical (unpaired) electrons. The molecular formula is C16H10Cl6IN3OS. The molecule has 1 amide bonds. The number of amides is 1. The maximum atomic E-state index is 12.6. The average Bonchev–Trinajstić information content (AvgIpc) is 2.57. The summed E-state index contributed by atoms with van der Waals surface area (Å²) < 4.78 is -1.17. The molecule has 0 aliphatic heterocycles. The molecule has 4 nitrogen and oxygen atoms in total. The highest BCUT2D eigenvalue weighted by Crippen LogP contribution is 2.34. The van der Waals surface area contributed by atoms with Crippen LogP contribution in [-0.4, -0.2) is 21.0 Å². The number of carbonyl (C=O) groups excluding carboxylic acids is 1. The third-order valence-corrected chi connectivity index (χ3v) is 5.87. The zero-order valence-electron chi connectivity index (χ0n) is 13.5. The van der Waals surface area contributed by atoms with Crippen LogP contribution < -0.4 is 16.0 Å². The molecule has 28 heavy (non-hydrogen) atoms. The van der Waals surface area contributed by atoms with Gasteiger partial charge in [-0.1, -0.05) is 81.7 Å². The Labute approximate surface area is 210 Å². The first-order chi connectivity index (χ1) is 13.0. The van der Waals surface area contributed by atoms with Crippen LogP contribution in [0.4, 0.5) is 5.69 Å². The zero-order chi connectivity index (χ0) is 21.1. The highest BCUT2D eigenvalue weighted by Gasteiger charge is 2.35. The summed E-state index contributed by atoms with van der Waals surface area (Å²) in [7, 11) is 0. The van der Waals surface area contributed by atoms with Gasteiger partial charge in [0, 0.05) is 8.59 Å². The van der Waals surface area contributed by atoms with Gasteiger partial charge in [-0.15, -0.1) is 0 Å². The summed E-state index contributed by atoms with van der Waals surface area (Å²) >= 11 is 43.4. The van der Waals surface area contributed by atoms with Gasteiger partial charge in [-0.05, 0) is 59.1 Å². The van der Waals surface area contributed by atoms with Gasteiger partial charge in [-0.2, -0.15) is 0 Å². The van der Waals surface area contributed by atoms with Crippen molar-refractivity contribution in [2.24, 2.45) is 0 Å². The van der Waals surface area contributed by atoms with Crippen molar-refractivity contribution in [2.75, 3.05) is 5.32 Å². The normalized spacial score (nSPS) is 12.2. The molecule has 0 fully saturated rings. The number of hydrogen-bond donors (Lipinski definition) is 3. The molecule has 0 spiro atoms. The predicted molar refractivity (Wildman–Crippen MR) is 132 cm³/mol. The third kappa shape index (κ3) is 6.80. The maximum Gasteiger partial charge on any atom is 0.254 e. The molecule has 0 aliphatic rings. The molecule has 0 saturated carbocycles. The first-order valence-corrected chi connectivity index (χ1v) is 11.1. The van der Waals surface area contributed by atoms with Crippen molar-refractivity contribution in [1.29, 1.82) is 0 Å². The molecule has 2 aromatic carbocycles. The highest BCUT2D eigenvalue weighted by molar-refractivity contribution is 14.1. The standard InChI is InChI=1S/C16H10Cl6IN3OS/c17-7-5-9(18)12(10(19)6-7)24-15(28)26-14(16(20,21)22)25-13(27)8-3-1-2-4-11(8)23/h1-6,14H,(H,25,27)(H2,24,26,28)/t14-/m1/s1. The highest BCUT2D eigenvalue weighted by atomic mass is 127. The lowest BCUT2D eigenvalue weighted by atomic mass is 10.2. The first kappa shape index (κ1) is 24.3. The number of hydrogen-bond acceptors (Lipinski definition) is 2. The largest absolute Gasteiger partial charge is 0.339 e. The molecular weight excluding hydrogens is 622 g/mol. The number of halogens is 7. The maximum absolute atomic E-state index is 12.6. The van der Waals surface area contributed by atoms with Crippen molar-refractivity contribution in [3.05, 3.63) is 60.6 Å². The van der Waals surface area contributed by atoms with E-state index in [1.165, 1.54) is 12.1 Å². The van der Waals surface area contributed by atoms with Gasteiger partial charge in [0.1, 0.15) is 6.17 Å². The Morgan fingerprint density at radius 1 is 1.04 bits per heavy atom. The molecule has 3 N–H and O–H groups in total. The fraction of sp³-hybridized carbons (Fsp3) is 0.125. The van der Waals surface area contributed by atoms with Crippen LogP contribution in [0.3, 0.4) is 0 Å². The summed E-state index contributed by atoms with van der Waals surface area (Å²) in [5.41, 5.74) is 0.740. The lowest BCUT2D eigenvalue weighted by Gasteiger charge is -2.28. The van der Waals surface area contributed by atoms with Crippen LogP contribution in [0.25, 0.3) is 0 Å². The number of rotatable bonds is 4. The van der Waals surface area contributed by atoms with Gasteiger partial charge in [0.15, 0.2) is 5.11 Å². The van der Waals surface area contributed by atoms with E-state index in [0.717, 1.165) is 3.57 Å². The molecule has 1 atom stereocenters. The molecule has 0 aliphatic carbocycles. The van der Waals surface area contributed by atoms with E-state index in [9.17, 15) is 4.79 Å². The second-order valence-electron chi connectivity index (χ2n) is 5.27. The van der Waals surface area contributed by atoms with E-state index in [0.29, 0.717) is 16.3 Å². The Bertz CT molecular complexity index is 885. The molecule has 2 aromatic rings. The van der Waals surface area contributed by atoms with Crippen molar-refractivity contribution in [1.82, 2.24) is 10.6 Å². The number of nitrogens with one attached hydrogen (secondary N) is 3. The Morgan fingerprint density at radius 2 is 1.61 bits per heavy atom. The van der Waals surface area contributed by atoms with Gasteiger partial charge >= 0.3 is 0 Å². The number of alkyl halides is 3. The summed E-state index contributed by atoms with van der Waals surface area (Å²) in [6.07, 6.45) is -1.15. The van der Waals surface area contributed by atoms with Crippen LogP contribution >= 0.6 is 104 Å². The Morgan fingerprint density at radius 3 is 2.14 bits per heavy atom. The summed E-state index contributed by atoms with van der Waals surface area (Å²) in [6, 6.07) is 9.95. The van der Waals surface area contributed by atoms with E-state index in [-0.39, 0.29) is 15.2 Å². The van der Waals surface area contributed by atoms with Crippen molar-refractivity contribution in [3.63, 3.8) is 0 Å². The quantitative estimate of drug-likeness (QED) is 0.153. The topological polar surface area (TPSA) is 53.2 Å². The summed E-state index contributed by atoms with van der Waals surface area (Å²) in [5, 5.41) is 9.01. The fourth-order valence-electron chi connectivity index (χ4n) is 2.00. The smallest absolute Gasteiger partial charge is 0.254 e. The van der Waals surface area contributed by atoms with Gasteiger partial charge in [-0.3, -0.25) is 4.79 Å². The average molecular weight is 632 g/mol. The molecule has 0 aromatic heterocycles. The van der Waals surface area contributed by atoms with E-state index < -0.39 is 15.9 Å². The van der Waals surface area contributed by atoms with Gasteiger partial charge in [0.05, 0.1) is 21.3 Å². The Kier molecular flexibility index (Phi) is 9.04. The summed E-state index contributed by atoms with van der Waals surface area (Å²) in [5.74, 6) is -0.445. The van der Waals surface area contributed by atoms with Crippen LogP contribution in [0.5, 0.6) is 0 Å². The van der Waals surface area contributed by atoms with Gasteiger partial charge in [0.25, 0.3) is 5.91 Å². The second kappa shape index (κ2) is 10.4. The number of thiocarbonyl (C=S) groups is 1. The number of benzene rings is 2. The molecule has 150 valence electrons. The molecule has 0 saturated heterocycles. The molecule has 0 unspecified atom stereocenters. The molecule has 2 rings (SSSR count). The lowest BCUT2D eigenvalue weighted by molar-refractivity contribution is 0.0933. The van der Waals surface area contributed by atoms with Gasteiger partial charge in [0.2, 0.25) is 3.79 Å². The van der Waals surface area contributed by atoms with Crippen LogP contribution in [0.1, 0.15) is 10.4 Å². The molecule has 0 bridgehead atoms. The van der Waals surface area contributed by atoms with E-state index in [1.54, 1.807) is 18.2 Å². The second-order valence-corrected chi connectivity index (χ2v) is 10.5. The minimum Gasteiger partial charge on any atom is -0.339 e. The van der Waals surface area contributed by atoms with E-state index in [2.05, 4.69) is 16.0 Å². The number of anilines is 1. The van der Waals surface area contributed by atoms with Gasteiger partial charge < -0.3 is 16.0 Å². The Balaban J connectivity index is 2.16. The first-order valence-electron chi connectivity index (χ1n) is 7.33. The van der Waals surface area contributed by atoms with Crippen molar-refractivity contribution >= 4 is 121 Å². The third-order valence-electron chi connectivity index (χ3n) is 3.24. The van der Waals surface area contributed by atoms with Gasteiger partial charge in [-0.25, -0.2) is 0 Å². The van der Waals surface area contributed by atoms with Crippen LogP contribution in [0.2, 0.25) is 15.1 Å². The van der Waals surface area contributed by atoms with E-state index >= 15 is 0 Å². The van der Waals surface area contributed by atoms with Crippen LogP contribution in [0.15, 0.2) is 36.4 Å². The minimum absolute atomic E-state index is 0.0190. The Hall–Kier alpha value is 0.0700. The van der Waals surface area contributed by atoms with Crippen molar-refractivity contribution < 1.29 is 4.79 Å². The molecule has 12 heteroatoms. The lowest BCUT2D eigenvalue weighted by Crippen LogP contribution is -2.56. The van der Waals surface area contributed by atoms with E-state index in [1.807, 2.05) is 28.7 Å². The summed E-state index contributed by atoms with van der Waals surface area (Å²) in [4.78, 5) is 12.6. The summed E-state index contributed by atoms with van der Waals surface area (Å²) in [6.45, 7) is 0. The zero-order valence-corrected chi connectivity index (χ0v) is 21.0. The molecule has 0 heterocycles. The van der Waals surface area contributed by atoms with Crippen molar-refractivity contribution in [2.45, 2.75) is 9.96 Å². The SMILES string of the molecule is O=C(N[C@H](NC(=S)Nc1c(Cl)cc(Cl)cc1Cl)C(Cl)(Cl)Cl)c1ccccc1I. The van der Waals surface area contributed by atoms with Crippen LogP contribution in [0, 0.1) is 3.57 Å². The number of carbonyl (C=O) groups is 1. The monoisotopic (exact) mass is 629 g/mol. The fourth-order valence-corrected chi connectivity index (χ4v) is 4.09.